The Hall–Kier alpha value is -1.24. The minimum absolute atomic E-state index is 0.174. The number of likely N-dealkylation sites (N-methyl/N-ethyl adjacent to an activating group) is 1. The second-order valence-corrected chi connectivity index (χ2v) is 5.32. The summed E-state index contributed by atoms with van der Waals surface area (Å²) in [7, 11) is 1.73. The highest BCUT2D eigenvalue weighted by Gasteiger charge is 2.26. The maximum atomic E-state index is 12.1. The van der Waals surface area contributed by atoms with Crippen molar-refractivity contribution in [2.45, 2.75) is 19.4 Å². The van der Waals surface area contributed by atoms with E-state index in [2.05, 4.69) is 19.4 Å². The molecule has 1 aromatic heterocycles. The van der Waals surface area contributed by atoms with Crippen molar-refractivity contribution in [2.75, 3.05) is 12.4 Å². The summed E-state index contributed by atoms with van der Waals surface area (Å²) >= 11 is 7.19. The van der Waals surface area contributed by atoms with E-state index in [9.17, 15) is 4.79 Å². The van der Waals surface area contributed by atoms with E-state index in [4.69, 9.17) is 11.6 Å². The Balaban J connectivity index is 2.40. The molecule has 0 saturated carbocycles. The third-order valence-corrected chi connectivity index (χ3v) is 3.67. The van der Waals surface area contributed by atoms with Crippen LogP contribution in [0.1, 0.15) is 13.8 Å². The van der Waals surface area contributed by atoms with Gasteiger partial charge in [-0.05, 0) is 33.0 Å². The number of nitrogens with one attached hydrogen (secondary N) is 2. The van der Waals surface area contributed by atoms with E-state index in [0.29, 0.717) is 16.2 Å². The van der Waals surface area contributed by atoms with Gasteiger partial charge in [0.1, 0.15) is 11.0 Å². The Morgan fingerprint density at radius 2 is 2.11 bits per heavy atom. The van der Waals surface area contributed by atoms with E-state index in [1.54, 1.807) is 33.0 Å². The average molecular weight is 285 g/mol. The third-order valence-electron chi connectivity index (χ3n) is 2.81. The van der Waals surface area contributed by atoms with E-state index < -0.39 is 5.54 Å². The largest absolute Gasteiger partial charge is 0.321 e. The molecule has 0 fully saturated rings. The summed E-state index contributed by atoms with van der Waals surface area (Å²) in [6.07, 6.45) is 0. The monoisotopic (exact) mass is 284 g/mol. The van der Waals surface area contributed by atoms with Crippen LogP contribution >= 0.6 is 23.3 Å². The molecule has 0 aliphatic carbocycles. The van der Waals surface area contributed by atoms with Crippen molar-refractivity contribution in [3.05, 3.63) is 17.2 Å². The van der Waals surface area contributed by atoms with Gasteiger partial charge in [0.05, 0.1) is 28.0 Å². The molecular weight excluding hydrogens is 272 g/mol. The predicted octanol–water partition coefficient (Wildman–Crippen LogP) is 2.28. The minimum Gasteiger partial charge on any atom is -0.321 e. The summed E-state index contributed by atoms with van der Waals surface area (Å²) in [5.74, 6) is -0.174. The topological polar surface area (TPSA) is 66.9 Å². The van der Waals surface area contributed by atoms with Gasteiger partial charge in [-0.2, -0.15) is 8.75 Å². The molecule has 0 saturated heterocycles. The van der Waals surface area contributed by atoms with Crippen molar-refractivity contribution in [2.24, 2.45) is 0 Å². The van der Waals surface area contributed by atoms with Crippen LogP contribution in [0.4, 0.5) is 5.69 Å². The number of carbonyl (C=O) groups is 1. The van der Waals surface area contributed by atoms with Gasteiger partial charge in [-0.15, -0.1) is 0 Å². The molecule has 2 rings (SSSR count). The van der Waals surface area contributed by atoms with Gasteiger partial charge in [-0.1, -0.05) is 11.6 Å². The Kier molecular flexibility index (Phi) is 3.52. The van der Waals surface area contributed by atoms with E-state index >= 15 is 0 Å². The average Bonchev–Trinajstić information content (AvgIpc) is 2.81. The molecule has 0 aliphatic rings. The van der Waals surface area contributed by atoms with E-state index in [0.717, 1.165) is 17.2 Å². The molecule has 7 heteroatoms. The SMILES string of the molecule is CNC(C)(C)C(=O)Nc1c(Cl)ccc2nsnc12. The van der Waals surface area contributed by atoms with Gasteiger partial charge in [-0.3, -0.25) is 4.79 Å². The summed E-state index contributed by atoms with van der Waals surface area (Å²) in [4.78, 5) is 12.1. The zero-order valence-corrected chi connectivity index (χ0v) is 11.8. The maximum Gasteiger partial charge on any atom is 0.244 e. The number of aromatic nitrogens is 2. The number of nitrogens with zero attached hydrogens (tertiary/aromatic N) is 2. The number of anilines is 1. The number of halogens is 1. The first-order valence-electron chi connectivity index (χ1n) is 5.37. The first kappa shape index (κ1) is 13.2. The number of rotatable bonds is 3. The number of benzene rings is 1. The van der Waals surface area contributed by atoms with Gasteiger partial charge >= 0.3 is 0 Å². The fraction of sp³-hybridized carbons (Fsp3) is 0.364. The van der Waals surface area contributed by atoms with Crippen LogP contribution in [0.5, 0.6) is 0 Å². The molecule has 18 heavy (non-hydrogen) atoms. The lowest BCUT2D eigenvalue weighted by Gasteiger charge is -2.23. The van der Waals surface area contributed by atoms with E-state index in [1.165, 1.54) is 0 Å². The molecule has 0 aliphatic heterocycles. The molecule has 5 nitrogen and oxygen atoms in total. The molecule has 2 N–H and O–H groups in total. The van der Waals surface area contributed by atoms with Crippen LogP contribution in [0.3, 0.4) is 0 Å². The third kappa shape index (κ3) is 2.31. The lowest BCUT2D eigenvalue weighted by Crippen LogP contribution is -2.47. The molecule has 0 radical (unpaired) electrons. The quantitative estimate of drug-likeness (QED) is 0.907. The highest BCUT2D eigenvalue weighted by Crippen LogP contribution is 2.30. The minimum atomic E-state index is -0.686. The number of amides is 1. The Labute approximate surface area is 114 Å². The van der Waals surface area contributed by atoms with Gasteiger partial charge in [-0.25, -0.2) is 0 Å². The molecule has 0 spiro atoms. The van der Waals surface area contributed by atoms with Crippen LogP contribution in [0.2, 0.25) is 5.02 Å². The van der Waals surface area contributed by atoms with Crippen LogP contribution < -0.4 is 10.6 Å². The van der Waals surface area contributed by atoms with Crippen molar-refractivity contribution >= 4 is 46.0 Å². The van der Waals surface area contributed by atoms with Crippen molar-refractivity contribution in [1.29, 1.82) is 0 Å². The predicted molar refractivity (Wildman–Crippen MR) is 74.2 cm³/mol. The normalized spacial score (nSPS) is 11.8. The summed E-state index contributed by atoms with van der Waals surface area (Å²) < 4.78 is 8.27. The molecule has 1 heterocycles. The van der Waals surface area contributed by atoms with E-state index in [-0.39, 0.29) is 5.91 Å². The zero-order chi connectivity index (χ0) is 13.3. The molecule has 1 amide bonds. The molecule has 96 valence electrons. The van der Waals surface area contributed by atoms with Crippen LogP contribution in [0.25, 0.3) is 11.0 Å². The highest BCUT2D eigenvalue weighted by atomic mass is 35.5. The molecule has 2 aromatic rings. The van der Waals surface area contributed by atoms with Crippen LogP contribution in [-0.2, 0) is 4.79 Å². The first-order chi connectivity index (χ1) is 8.45. The van der Waals surface area contributed by atoms with Gasteiger partial charge < -0.3 is 10.6 Å². The smallest absolute Gasteiger partial charge is 0.244 e. The molecule has 1 aromatic carbocycles. The first-order valence-corrected chi connectivity index (χ1v) is 6.47. The lowest BCUT2D eigenvalue weighted by molar-refractivity contribution is -0.121. The Morgan fingerprint density at radius 1 is 1.39 bits per heavy atom. The number of hydrogen-bond acceptors (Lipinski definition) is 5. The molecule has 0 atom stereocenters. The van der Waals surface area contributed by atoms with Gasteiger partial charge in [0, 0.05) is 0 Å². The summed E-state index contributed by atoms with van der Waals surface area (Å²) in [5.41, 5.74) is 1.17. The van der Waals surface area contributed by atoms with Gasteiger partial charge in [0.25, 0.3) is 0 Å². The summed E-state index contributed by atoms with van der Waals surface area (Å²) in [6.45, 7) is 3.57. The molecule has 0 unspecified atom stereocenters. The maximum absolute atomic E-state index is 12.1. The molecule has 0 bridgehead atoms. The zero-order valence-electron chi connectivity index (χ0n) is 10.2. The Morgan fingerprint density at radius 3 is 2.78 bits per heavy atom. The lowest BCUT2D eigenvalue weighted by atomic mass is 10.1. The fourth-order valence-electron chi connectivity index (χ4n) is 1.33. The highest BCUT2D eigenvalue weighted by molar-refractivity contribution is 7.00. The van der Waals surface area contributed by atoms with Crippen LogP contribution in [0, 0.1) is 0 Å². The van der Waals surface area contributed by atoms with Crippen molar-refractivity contribution in [1.82, 2.24) is 14.1 Å². The number of carbonyl (C=O) groups excluding carboxylic acids is 1. The summed E-state index contributed by atoms with van der Waals surface area (Å²) in [6, 6.07) is 3.48. The van der Waals surface area contributed by atoms with E-state index in [1.807, 2.05) is 0 Å². The number of fused-ring (bicyclic) bond motifs is 1. The Bertz CT molecular complexity index is 596. The second kappa shape index (κ2) is 4.79. The second-order valence-electron chi connectivity index (χ2n) is 4.38. The van der Waals surface area contributed by atoms with Gasteiger partial charge in [0.2, 0.25) is 5.91 Å². The number of hydrogen-bond donors (Lipinski definition) is 2. The van der Waals surface area contributed by atoms with Gasteiger partial charge in [0.15, 0.2) is 0 Å². The van der Waals surface area contributed by atoms with Crippen LogP contribution in [0.15, 0.2) is 12.1 Å². The van der Waals surface area contributed by atoms with Crippen molar-refractivity contribution in [3.63, 3.8) is 0 Å². The van der Waals surface area contributed by atoms with Crippen molar-refractivity contribution < 1.29 is 4.79 Å². The molecular formula is C11H13ClN4OS. The summed E-state index contributed by atoms with van der Waals surface area (Å²) in [5, 5.41) is 6.19. The fourth-order valence-corrected chi connectivity index (χ4v) is 2.07. The van der Waals surface area contributed by atoms with Crippen LogP contribution in [-0.4, -0.2) is 27.2 Å². The van der Waals surface area contributed by atoms with Crippen molar-refractivity contribution in [3.8, 4) is 0 Å². The standard InChI is InChI=1S/C11H13ClN4OS/c1-11(2,13-3)10(17)14-8-6(12)4-5-7-9(8)16-18-15-7/h4-5,13H,1-3H3,(H,14,17).